The highest BCUT2D eigenvalue weighted by Gasteiger charge is 2.32. The molecule has 0 saturated carbocycles. The lowest BCUT2D eigenvalue weighted by Crippen LogP contribution is -2.40. The highest BCUT2D eigenvalue weighted by atomic mass is 32.2. The van der Waals surface area contributed by atoms with Gasteiger partial charge in [0.15, 0.2) is 15.7 Å². The summed E-state index contributed by atoms with van der Waals surface area (Å²) in [4.78, 5) is 16.7. The van der Waals surface area contributed by atoms with Crippen molar-refractivity contribution in [2.45, 2.75) is 33.0 Å². The fraction of sp³-hybridized carbons (Fsp3) is 0.529. The maximum Gasteiger partial charge on any atom is 0.269 e. The monoisotopic (exact) mass is 393 g/mol. The number of nitro benzene ring substituents is 1. The van der Waals surface area contributed by atoms with Crippen molar-refractivity contribution in [2.75, 3.05) is 18.1 Å². The molecule has 146 valence electrons. The average Bonchev–Trinajstić information content (AvgIpc) is 3.20. The normalized spacial score (nSPS) is 19.0. The van der Waals surface area contributed by atoms with Gasteiger partial charge in [-0.15, -0.1) is 5.10 Å². The first-order valence-corrected chi connectivity index (χ1v) is 10.6. The van der Waals surface area contributed by atoms with Crippen molar-refractivity contribution in [2.24, 2.45) is 5.92 Å². The lowest BCUT2D eigenvalue weighted by Gasteiger charge is -2.29. The molecule has 9 nitrogen and oxygen atoms in total. The number of nitrogens with zero attached hydrogens (tertiary/aromatic N) is 5. The lowest BCUT2D eigenvalue weighted by molar-refractivity contribution is -0.384. The Morgan fingerprint density at radius 1 is 1.33 bits per heavy atom. The number of hydrogen-bond acceptors (Lipinski definition) is 7. The molecule has 1 unspecified atom stereocenters. The third-order valence-corrected chi connectivity index (χ3v) is 6.27. The number of benzene rings is 1. The Kier molecular flexibility index (Phi) is 5.56. The van der Waals surface area contributed by atoms with Crippen LogP contribution in [0.1, 0.15) is 20.3 Å². The van der Waals surface area contributed by atoms with Gasteiger partial charge in [-0.25, -0.2) is 18.1 Å². The molecule has 0 radical (unpaired) electrons. The van der Waals surface area contributed by atoms with Crippen LogP contribution in [0.25, 0.3) is 11.4 Å². The van der Waals surface area contributed by atoms with E-state index < -0.39 is 14.8 Å². The second-order valence-corrected chi connectivity index (χ2v) is 9.50. The first kappa shape index (κ1) is 19.4. The quantitative estimate of drug-likeness (QED) is 0.522. The van der Waals surface area contributed by atoms with Gasteiger partial charge in [0.2, 0.25) is 0 Å². The van der Waals surface area contributed by atoms with Crippen molar-refractivity contribution >= 4 is 15.5 Å². The molecule has 2 heterocycles. The number of aromatic nitrogens is 3. The van der Waals surface area contributed by atoms with Gasteiger partial charge in [0.05, 0.1) is 23.1 Å². The summed E-state index contributed by atoms with van der Waals surface area (Å²) in [7, 11) is -2.96. The van der Waals surface area contributed by atoms with Crippen molar-refractivity contribution in [1.82, 2.24) is 19.7 Å². The summed E-state index contributed by atoms with van der Waals surface area (Å²) >= 11 is 0. The predicted octanol–water partition coefficient (Wildman–Crippen LogP) is 1.96. The molecule has 1 aliphatic heterocycles. The Bertz CT molecular complexity index is 908. The fourth-order valence-electron chi connectivity index (χ4n) is 3.27. The summed E-state index contributed by atoms with van der Waals surface area (Å²) in [5, 5.41) is 15.2. The van der Waals surface area contributed by atoms with Gasteiger partial charge in [-0.1, -0.05) is 13.8 Å². The Hall–Kier alpha value is -2.33. The smallest absolute Gasteiger partial charge is 0.269 e. The average molecular weight is 393 g/mol. The summed E-state index contributed by atoms with van der Waals surface area (Å²) in [6.07, 6.45) is 2.24. The van der Waals surface area contributed by atoms with E-state index in [-0.39, 0.29) is 23.2 Å². The van der Waals surface area contributed by atoms with Gasteiger partial charge in [-0.05, 0) is 24.5 Å². The molecule has 1 aliphatic rings. The second-order valence-electron chi connectivity index (χ2n) is 7.28. The van der Waals surface area contributed by atoms with E-state index in [1.54, 1.807) is 23.1 Å². The van der Waals surface area contributed by atoms with Crippen LogP contribution in [0.2, 0.25) is 0 Å². The van der Waals surface area contributed by atoms with E-state index in [0.29, 0.717) is 30.4 Å². The van der Waals surface area contributed by atoms with Gasteiger partial charge < -0.3 is 0 Å². The van der Waals surface area contributed by atoms with Crippen molar-refractivity contribution in [3.63, 3.8) is 0 Å². The van der Waals surface area contributed by atoms with Crippen LogP contribution in [0.5, 0.6) is 0 Å². The molecule has 0 amide bonds. The van der Waals surface area contributed by atoms with E-state index in [4.69, 9.17) is 0 Å². The maximum absolute atomic E-state index is 11.8. The van der Waals surface area contributed by atoms with E-state index in [1.807, 2.05) is 0 Å². The van der Waals surface area contributed by atoms with Crippen LogP contribution >= 0.6 is 0 Å². The molecule has 10 heteroatoms. The first-order chi connectivity index (χ1) is 12.7. The Morgan fingerprint density at radius 2 is 2.04 bits per heavy atom. The maximum atomic E-state index is 11.8. The van der Waals surface area contributed by atoms with E-state index in [0.717, 1.165) is 6.54 Å². The van der Waals surface area contributed by atoms with Gasteiger partial charge in [0, 0.05) is 30.3 Å². The van der Waals surface area contributed by atoms with Crippen LogP contribution in [-0.4, -0.2) is 57.1 Å². The second kappa shape index (κ2) is 7.73. The number of hydrogen-bond donors (Lipinski definition) is 0. The molecular weight excluding hydrogens is 370 g/mol. The summed E-state index contributed by atoms with van der Waals surface area (Å²) in [5.74, 6) is 1.29. The van der Waals surface area contributed by atoms with Gasteiger partial charge in [0.25, 0.3) is 5.69 Å². The van der Waals surface area contributed by atoms with Crippen LogP contribution in [-0.2, 0) is 16.5 Å². The molecule has 1 fully saturated rings. The van der Waals surface area contributed by atoms with Gasteiger partial charge in [-0.3, -0.25) is 15.0 Å². The number of non-ortho nitro benzene ring substituents is 1. The predicted molar refractivity (Wildman–Crippen MR) is 101 cm³/mol. The van der Waals surface area contributed by atoms with Crippen molar-refractivity contribution in [3.05, 3.63) is 40.7 Å². The van der Waals surface area contributed by atoms with Crippen molar-refractivity contribution in [1.29, 1.82) is 0 Å². The van der Waals surface area contributed by atoms with Gasteiger partial charge >= 0.3 is 0 Å². The summed E-state index contributed by atoms with van der Waals surface area (Å²) in [6.45, 7) is 5.42. The molecule has 3 rings (SSSR count). The highest BCUT2D eigenvalue weighted by molar-refractivity contribution is 7.91. The van der Waals surface area contributed by atoms with Crippen LogP contribution < -0.4 is 0 Å². The van der Waals surface area contributed by atoms with Crippen LogP contribution in [0, 0.1) is 16.0 Å². The molecule has 2 aromatic rings. The molecule has 1 aromatic heterocycles. The Labute approximate surface area is 158 Å². The minimum Gasteiger partial charge on any atom is -0.280 e. The van der Waals surface area contributed by atoms with Crippen molar-refractivity contribution in [3.8, 4) is 11.4 Å². The summed E-state index contributed by atoms with van der Waals surface area (Å²) in [6, 6.07) is 6.07. The summed E-state index contributed by atoms with van der Waals surface area (Å²) in [5.41, 5.74) is 0.710. The lowest BCUT2D eigenvalue weighted by atomic mass is 10.1. The molecule has 27 heavy (non-hydrogen) atoms. The van der Waals surface area contributed by atoms with Crippen LogP contribution in [0.3, 0.4) is 0 Å². The molecule has 1 aromatic carbocycles. The third kappa shape index (κ3) is 4.89. The fourth-order valence-corrected chi connectivity index (χ4v) is 5.03. The topological polar surface area (TPSA) is 111 Å². The van der Waals surface area contributed by atoms with Crippen LogP contribution in [0.4, 0.5) is 5.69 Å². The van der Waals surface area contributed by atoms with E-state index in [1.165, 1.54) is 12.1 Å². The zero-order valence-corrected chi connectivity index (χ0v) is 16.2. The zero-order chi connectivity index (χ0) is 19.6. The summed E-state index contributed by atoms with van der Waals surface area (Å²) < 4.78 is 25.4. The Balaban J connectivity index is 1.74. The first-order valence-electron chi connectivity index (χ1n) is 8.82. The molecule has 0 aliphatic carbocycles. The molecule has 0 bridgehead atoms. The van der Waals surface area contributed by atoms with E-state index >= 15 is 0 Å². The SMILES string of the molecule is CC(C)CN(Cn1cnc(-c2ccc([N+](=O)[O-])cc2)n1)C1CCS(=O)(=O)C1. The number of sulfone groups is 1. The molecule has 1 atom stereocenters. The van der Waals surface area contributed by atoms with E-state index in [9.17, 15) is 18.5 Å². The standard InChI is InChI=1S/C17H23N5O4S/c1-13(2)9-20(16-7-8-27(25,26)10-16)12-21-11-18-17(19-21)14-3-5-15(6-4-14)22(23)24/h3-6,11,13,16H,7-10,12H2,1-2H3. The zero-order valence-electron chi connectivity index (χ0n) is 15.4. The Morgan fingerprint density at radius 3 is 2.59 bits per heavy atom. The minimum atomic E-state index is -2.96. The largest absolute Gasteiger partial charge is 0.280 e. The number of nitro groups is 1. The van der Waals surface area contributed by atoms with Gasteiger partial charge in [-0.2, -0.15) is 0 Å². The van der Waals surface area contributed by atoms with Crippen LogP contribution in [0.15, 0.2) is 30.6 Å². The van der Waals surface area contributed by atoms with Gasteiger partial charge in [0.1, 0.15) is 6.33 Å². The molecule has 0 N–H and O–H groups in total. The third-order valence-electron chi connectivity index (χ3n) is 4.52. The number of rotatable bonds is 7. The minimum absolute atomic E-state index is 0.00979. The molecule has 1 saturated heterocycles. The van der Waals surface area contributed by atoms with Crippen molar-refractivity contribution < 1.29 is 13.3 Å². The molecular formula is C17H23N5O4S. The molecule has 0 spiro atoms. The highest BCUT2D eigenvalue weighted by Crippen LogP contribution is 2.21. The van der Waals surface area contributed by atoms with E-state index in [2.05, 4.69) is 28.8 Å².